The number of amides is 1. The maximum atomic E-state index is 13.2. The lowest BCUT2D eigenvalue weighted by atomic mass is 9.92. The number of pyridine rings is 1. The van der Waals surface area contributed by atoms with E-state index in [1.807, 2.05) is 65.7 Å². The summed E-state index contributed by atoms with van der Waals surface area (Å²) >= 11 is 0. The van der Waals surface area contributed by atoms with Gasteiger partial charge in [-0.1, -0.05) is 42.5 Å². The van der Waals surface area contributed by atoms with Crippen LogP contribution in [-0.2, 0) is 10.5 Å². The van der Waals surface area contributed by atoms with E-state index >= 15 is 0 Å². The summed E-state index contributed by atoms with van der Waals surface area (Å²) in [7, 11) is 0. The Balaban J connectivity index is 1.59. The summed E-state index contributed by atoms with van der Waals surface area (Å²) in [6.07, 6.45) is 4.23. The zero-order chi connectivity index (χ0) is 18.7. The fourth-order valence-electron chi connectivity index (χ4n) is 4.35. The van der Waals surface area contributed by atoms with Gasteiger partial charge in [-0.05, 0) is 18.2 Å². The Hall–Kier alpha value is -3.67. The number of nitrogens with one attached hydrogen (secondary N) is 1. The standard InChI is InChI=1S/C22H16N4O2/c27-21-22(16-8-2-3-9-17(16)24-21)26-19(15-7-1-4-10-20(15)28-22)12-18(25-26)14-6-5-11-23-13-14/h1-11,13,19H,12H2,(H,24,27)/t19-,22+/m0/s1. The van der Waals surface area contributed by atoms with Crippen molar-refractivity contribution in [3.63, 3.8) is 0 Å². The van der Waals surface area contributed by atoms with Crippen LogP contribution in [0.5, 0.6) is 5.75 Å². The molecule has 0 radical (unpaired) electrons. The molecule has 1 amide bonds. The van der Waals surface area contributed by atoms with Crippen LogP contribution < -0.4 is 10.1 Å². The second-order valence-corrected chi connectivity index (χ2v) is 7.14. The van der Waals surface area contributed by atoms with Crippen LogP contribution in [-0.4, -0.2) is 21.6 Å². The highest BCUT2D eigenvalue weighted by atomic mass is 16.5. The fourth-order valence-corrected chi connectivity index (χ4v) is 4.35. The molecule has 1 N–H and O–H groups in total. The van der Waals surface area contributed by atoms with Crippen molar-refractivity contribution in [2.45, 2.75) is 18.2 Å². The van der Waals surface area contributed by atoms with Crippen LogP contribution >= 0.6 is 0 Å². The molecule has 0 aliphatic carbocycles. The van der Waals surface area contributed by atoms with Crippen molar-refractivity contribution >= 4 is 17.3 Å². The normalized spacial score (nSPS) is 24.1. The van der Waals surface area contributed by atoms with Crippen molar-refractivity contribution < 1.29 is 9.53 Å². The van der Waals surface area contributed by atoms with Crippen LogP contribution in [0.15, 0.2) is 78.2 Å². The number of benzene rings is 2. The molecule has 3 aromatic rings. The van der Waals surface area contributed by atoms with E-state index in [1.54, 1.807) is 12.4 Å². The molecule has 136 valence electrons. The lowest BCUT2D eigenvalue weighted by Crippen LogP contribution is -2.55. The molecule has 3 aliphatic heterocycles. The largest absolute Gasteiger partial charge is 0.453 e. The molecule has 6 rings (SSSR count). The predicted octanol–water partition coefficient (Wildman–Crippen LogP) is 3.43. The van der Waals surface area contributed by atoms with Gasteiger partial charge in [0.25, 0.3) is 5.91 Å². The van der Waals surface area contributed by atoms with Gasteiger partial charge in [-0.15, -0.1) is 0 Å². The van der Waals surface area contributed by atoms with Crippen molar-refractivity contribution in [3.05, 3.63) is 89.7 Å². The molecule has 2 atom stereocenters. The molecule has 1 spiro atoms. The molecule has 3 aliphatic rings. The first-order valence-corrected chi connectivity index (χ1v) is 9.23. The van der Waals surface area contributed by atoms with Gasteiger partial charge in [-0.3, -0.25) is 9.78 Å². The quantitative estimate of drug-likeness (QED) is 0.715. The number of hydrogen-bond donors (Lipinski definition) is 1. The number of hydrazone groups is 1. The van der Waals surface area contributed by atoms with Crippen LogP contribution in [0.2, 0.25) is 0 Å². The van der Waals surface area contributed by atoms with E-state index in [1.165, 1.54) is 0 Å². The van der Waals surface area contributed by atoms with E-state index in [9.17, 15) is 4.79 Å². The van der Waals surface area contributed by atoms with Gasteiger partial charge in [-0.2, -0.15) is 5.10 Å². The SMILES string of the molecule is O=C1Nc2ccccc2[C@@]12Oc1ccccc1[C@@H]1CC(c3cccnc3)=NN12. The van der Waals surface area contributed by atoms with E-state index in [2.05, 4.69) is 10.3 Å². The van der Waals surface area contributed by atoms with Crippen molar-refractivity contribution in [2.24, 2.45) is 5.10 Å². The average Bonchev–Trinajstić information content (AvgIpc) is 3.30. The maximum absolute atomic E-state index is 13.2. The van der Waals surface area contributed by atoms with Crippen molar-refractivity contribution in [1.29, 1.82) is 0 Å². The summed E-state index contributed by atoms with van der Waals surface area (Å²) in [5, 5.41) is 9.69. The topological polar surface area (TPSA) is 66.8 Å². The Morgan fingerprint density at radius 2 is 1.93 bits per heavy atom. The lowest BCUT2D eigenvalue weighted by molar-refractivity contribution is -0.161. The minimum atomic E-state index is -1.31. The lowest BCUT2D eigenvalue weighted by Gasteiger charge is -2.43. The average molecular weight is 368 g/mol. The second-order valence-electron chi connectivity index (χ2n) is 7.14. The van der Waals surface area contributed by atoms with E-state index in [4.69, 9.17) is 9.84 Å². The van der Waals surface area contributed by atoms with Crippen molar-refractivity contribution in [2.75, 3.05) is 5.32 Å². The molecular weight excluding hydrogens is 352 g/mol. The number of para-hydroxylation sites is 2. The third kappa shape index (κ3) is 1.89. The van der Waals surface area contributed by atoms with E-state index in [0.29, 0.717) is 6.42 Å². The Labute approximate surface area is 161 Å². The van der Waals surface area contributed by atoms with Crippen LogP contribution in [0.1, 0.15) is 29.2 Å². The summed E-state index contributed by atoms with van der Waals surface area (Å²) in [6.45, 7) is 0. The van der Waals surface area contributed by atoms with Gasteiger partial charge >= 0.3 is 5.72 Å². The molecule has 0 unspecified atom stereocenters. The van der Waals surface area contributed by atoms with E-state index in [0.717, 1.165) is 33.8 Å². The van der Waals surface area contributed by atoms with E-state index < -0.39 is 5.72 Å². The van der Waals surface area contributed by atoms with Gasteiger partial charge in [0.05, 0.1) is 23.0 Å². The number of fused-ring (bicyclic) bond motifs is 6. The molecule has 0 saturated heterocycles. The molecule has 0 saturated carbocycles. The number of carbonyl (C=O) groups is 1. The van der Waals surface area contributed by atoms with Gasteiger partial charge in [0, 0.05) is 29.9 Å². The van der Waals surface area contributed by atoms with Crippen LogP contribution in [0, 0.1) is 0 Å². The van der Waals surface area contributed by atoms with Crippen molar-refractivity contribution in [3.8, 4) is 5.75 Å². The molecule has 0 fully saturated rings. The Kier molecular flexibility index (Phi) is 2.98. The molecular formula is C22H16N4O2. The van der Waals surface area contributed by atoms with Crippen molar-refractivity contribution in [1.82, 2.24) is 9.99 Å². The first-order chi connectivity index (χ1) is 13.8. The van der Waals surface area contributed by atoms with Gasteiger partial charge in [0.15, 0.2) is 0 Å². The molecule has 2 aromatic carbocycles. The predicted molar refractivity (Wildman–Crippen MR) is 104 cm³/mol. The van der Waals surface area contributed by atoms with Gasteiger partial charge in [0.2, 0.25) is 0 Å². The smallest absolute Gasteiger partial charge is 0.306 e. The second kappa shape index (κ2) is 5.42. The number of ether oxygens (including phenoxy) is 1. The molecule has 4 heterocycles. The first kappa shape index (κ1) is 15.4. The number of nitrogens with zero attached hydrogens (tertiary/aromatic N) is 3. The number of hydrogen-bond acceptors (Lipinski definition) is 5. The molecule has 28 heavy (non-hydrogen) atoms. The fraction of sp³-hybridized carbons (Fsp3) is 0.136. The summed E-state index contributed by atoms with van der Waals surface area (Å²) in [5.74, 6) is 0.502. The van der Waals surface area contributed by atoms with Crippen LogP contribution in [0.3, 0.4) is 0 Å². The first-order valence-electron chi connectivity index (χ1n) is 9.23. The minimum Gasteiger partial charge on any atom is -0.453 e. The number of carbonyl (C=O) groups excluding carboxylic acids is 1. The summed E-state index contributed by atoms with van der Waals surface area (Å²) < 4.78 is 6.41. The highest BCUT2D eigenvalue weighted by Gasteiger charge is 2.60. The maximum Gasteiger partial charge on any atom is 0.306 e. The van der Waals surface area contributed by atoms with Crippen LogP contribution in [0.25, 0.3) is 0 Å². The van der Waals surface area contributed by atoms with Gasteiger partial charge in [-0.25, -0.2) is 5.01 Å². The summed E-state index contributed by atoms with van der Waals surface area (Å²) in [4.78, 5) is 17.5. The highest BCUT2D eigenvalue weighted by molar-refractivity contribution is 6.07. The Bertz CT molecular complexity index is 1140. The third-order valence-corrected chi connectivity index (χ3v) is 5.61. The zero-order valence-corrected chi connectivity index (χ0v) is 14.9. The number of aromatic nitrogens is 1. The summed E-state index contributed by atoms with van der Waals surface area (Å²) in [6, 6.07) is 19.3. The monoisotopic (exact) mass is 368 g/mol. The molecule has 0 bridgehead atoms. The van der Waals surface area contributed by atoms with E-state index in [-0.39, 0.29) is 11.9 Å². The molecule has 6 nitrogen and oxygen atoms in total. The summed E-state index contributed by atoms with van der Waals surface area (Å²) in [5.41, 5.74) is 3.13. The van der Waals surface area contributed by atoms with Gasteiger partial charge in [0.1, 0.15) is 5.75 Å². The molecule has 1 aromatic heterocycles. The highest BCUT2D eigenvalue weighted by Crippen LogP contribution is 2.53. The minimum absolute atomic E-state index is 0.0861. The zero-order valence-electron chi connectivity index (χ0n) is 14.9. The number of anilines is 1. The molecule has 6 heteroatoms. The Morgan fingerprint density at radius 3 is 2.82 bits per heavy atom. The Morgan fingerprint density at radius 1 is 1.07 bits per heavy atom. The number of rotatable bonds is 1. The van der Waals surface area contributed by atoms with Crippen LogP contribution in [0.4, 0.5) is 5.69 Å². The third-order valence-electron chi connectivity index (χ3n) is 5.61. The van der Waals surface area contributed by atoms with Gasteiger partial charge < -0.3 is 10.1 Å².